The van der Waals surface area contributed by atoms with Crippen LogP contribution in [-0.2, 0) is 6.42 Å². The summed E-state index contributed by atoms with van der Waals surface area (Å²) in [5.41, 5.74) is 2.29. The first kappa shape index (κ1) is 12.0. The Kier molecular flexibility index (Phi) is 3.72. The Balaban J connectivity index is 2.10. The molecule has 1 aliphatic rings. The number of benzene rings is 1. The second kappa shape index (κ2) is 5.26. The van der Waals surface area contributed by atoms with E-state index in [0.29, 0.717) is 13.2 Å². The van der Waals surface area contributed by atoms with E-state index in [1.54, 1.807) is 0 Å². The van der Waals surface area contributed by atoms with Crippen molar-refractivity contribution < 1.29 is 9.47 Å². The molecule has 0 bridgehead atoms. The highest BCUT2D eigenvalue weighted by Crippen LogP contribution is 2.31. The zero-order valence-corrected chi connectivity index (χ0v) is 10.7. The fourth-order valence-corrected chi connectivity index (χ4v) is 1.80. The second-order valence-corrected chi connectivity index (χ2v) is 5.04. The minimum Gasteiger partial charge on any atom is -0.485 e. The predicted molar refractivity (Wildman–Crippen MR) is 69.7 cm³/mol. The molecular weight excluding hydrogens is 212 g/mol. The molecule has 0 N–H and O–H groups in total. The highest BCUT2D eigenvalue weighted by atomic mass is 16.5. The van der Waals surface area contributed by atoms with Crippen molar-refractivity contribution in [1.29, 1.82) is 0 Å². The zero-order chi connectivity index (χ0) is 12.3. The minimum atomic E-state index is 0.554. The Hall–Kier alpha value is -1.44. The van der Waals surface area contributed by atoms with E-state index in [9.17, 15) is 0 Å². The van der Waals surface area contributed by atoms with Crippen molar-refractivity contribution in [1.82, 2.24) is 0 Å². The van der Waals surface area contributed by atoms with Gasteiger partial charge in [0.15, 0.2) is 11.5 Å². The summed E-state index contributed by atoms with van der Waals surface area (Å²) in [5, 5.41) is 0. The van der Waals surface area contributed by atoms with Crippen molar-refractivity contribution >= 4 is 0 Å². The third kappa shape index (κ3) is 3.26. The van der Waals surface area contributed by atoms with Gasteiger partial charge in [-0.05, 0) is 42.0 Å². The third-order valence-electron chi connectivity index (χ3n) is 2.88. The number of rotatable bonds is 3. The van der Waals surface area contributed by atoms with Crippen molar-refractivity contribution in [3.63, 3.8) is 0 Å². The van der Waals surface area contributed by atoms with Gasteiger partial charge < -0.3 is 9.47 Å². The molecule has 17 heavy (non-hydrogen) atoms. The Bertz CT molecular complexity index is 407. The molecule has 92 valence electrons. The van der Waals surface area contributed by atoms with E-state index < -0.39 is 0 Å². The van der Waals surface area contributed by atoms with Gasteiger partial charge in [0.1, 0.15) is 13.2 Å². The number of aryl methyl sites for hydroxylation is 1. The summed E-state index contributed by atoms with van der Waals surface area (Å²) in [7, 11) is 0. The van der Waals surface area contributed by atoms with Gasteiger partial charge in [-0.2, -0.15) is 0 Å². The van der Waals surface area contributed by atoms with E-state index >= 15 is 0 Å². The van der Waals surface area contributed by atoms with Gasteiger partial charge in [0, 0.05) is 0 Å². The summed E-state index contributed by atoms with van der Waals surface area (Å²) in [6.07, 6.45) is 2.29. The summed E-state index contributed by atoms with van der Waals surface area (Å²) < 4.78 is 11.3. The predicted octanol–water partition coefficient (Wildman–Crippen LogP) is 3.60. The Morgan fingerprint density at radius 1 is 1.18 bits per heavy atom. The minimum absolute atomic E-state index is 0.554. The number of fused-ring (bicyclic) bond motifs is 1. The van der Waals surface area contributed by atoms with Crippen LogP contribution in [0.15, 0.2) is 30.4 Å². The average Bonchev–Trinajstić information content (AvgIpc) is 2.49. The van der Waals surface area contributed by atoms with Gasteiger partial charge in [-0.25, -0.2) is 0 Å². The van der Waals surface area contributed by atoms with Crippen molar-refractivity contribution in [2.45, 2.75) is 26.7 Å². The molecule has 1 aromatic rings. The zero-order valence-electron chi connectivity index (χ0n) is 10.7. The lowest BCUT2D eigenvalue weighted by Gasteiger charge is -2.10. The lowest BCUT2D eigenvalue weighted by atomic mass is 10.0. The van der Waals surface area contributed by atoms with E-state index in [4.69, 9.17) is 9.47 Å². The van der Waals surface area contributed by atoms with Crippen LogP contribution >= 0.6 is 0 Å². The first-order valence-corrected chi connectivity index (χ1v) is 6.20. The van der Waals surface area contributed by atoms with Crippen molar-refractivity contribution in [3.8, 4) is 11.5 Å². The summed E-state index contributed by atoms with van der Waals surface area (Å²) in [4.78, 5) is 0. The highest BCUT2D eigenvalue weighted by Gasteiger charge is 2.12. The molecule has 0 atom stereocenters. The molecule has 1 aliphatic heterocycles. The maximum Gasteiger partial charge on any atom is 0.161 e. The van der Waals surface area contributed by atoms with Gasteiger partial charge in [0.05, 0.1) is 0 Å². The van der Waals surface area contributed by atoms with Crippen LogP contribution in [0, 0.1) is 5.92 Å². The second-order valence-electron chi connectivity index (χ2n) is 5.04. The molecule has 0 saturated carbocycles. The molecule has 0 aromatic heterocycles. The topological polar surface area (TPSA) is 18.5 Å². The van der Waals surface area contributed by atoms with E-state index in [1.165, 1.54) is 12.0 Å². The molecular formula is C15H20O2. The first-order valence-electron chi connectivity index (χ1n) is 6.20. The van der Waals surface area contributed by atoms with Crippen LogP contribution in [-0.4, -0.2) is 13.2 Å². The third-order valence-corrected chi connectivity index (χ3v) is 2.88. The fourth-order valence-electron chi connectivity index (χ4n) is 1.80. The Labute approximate surface area is 103 Å². The van der Waals surface area contributed by atoms with E-state index in [2.05, 4.69) is 32.6 Å². The molecule has 2 nitrogen and oxygen atoms in total. The van der Waals surface area contributed by atoms with Crippen molar-refractivity contribution in [3.05, 3.63) is 35.9 Å². The van der Waals surface area contributed by atoms with E-state index in [0.717, 1.165) is 29.4 Å². The quantitative estimate of drug-likeness (QED) is 0.741. The first-order chi connectivity index (χ1) is 8.15. The van der Waals surface area contributed by atoms with Crippen molar-refractivity contribution in [2.75, 3.05) is 13.2 Å². The number of ether oxygens (including phenoxy) is 2. The Morgan fingerprint density at radius 2 is 1.88 bits per heavy atom. The van der Waals surface area contributed by atoms with Gasteiger partial charge in [-0.1, -0.05) is 26.5 Å². The van der Waals surface area contributed by atoms with Crippen LogP contribution in [0.2, 0.25) is 0 Å². The molecule has 0 saturated heterocycles. The molecule has 1 aromatic carbocycles. The van der Waals surface area contributed by atoms with Crippen LogP contribution < -0.4 is 9.47 Å². The SMILES string of the molecule is C=C1COc2ccc(CCC(C)C)cc2OC1. The monoisotopic (exact) mass is 232 g/mol. The normalized spacial score (nSPS) is 14.9. The van der Waals surface area contributed by atoms with Crippen LogP contribution in [0.25, 0.3) is 0 Å². The molecule has 1 heterocycles. The lowest BCUT2D eigenvalue weighted by molar-refractivity contribution is 0.354. The van der Waals surface area contributed by atoms with Gasteiger partial charge in [0.25, 0.3) is 0 Å². The molecule has 0 amide bonds. The van der Waals surface area contributed by atoms with Gasteiger partial charge in [-0.3, -0.25) is 0 Å². The maximum absolute atomic E-state index is 5.68. The lowest BCUT2D eigenvalue weighted by Crippen LogP contribution is -2.02. The highest BCUT2D eigenvalue weighted by molar-refractivity contribution is 5.44. The smallest absolute Gasteiger partial charge is 0.161 e. The van der Waals surface area contributed by atoms with Crippen LogP contribution in [0.1, 0.15) is 25.8 Å². The average molecular weight is 232 g/mol. The largest absolute Gasteiger partial charge is 0.485 e. The molecule has 0 fully saturated rings. The molecule has 0 spiro atoms. The fraction of sp³-hybridized carbons (Fsp3) is 0.467. The molecule has 0 unspecified atom stereocenters. The molecule has 2 rings (SSSR count). The summed E-state index contributed by atoms with van der Waals surface area (Å²) in [6, 6.07) is 6.22. The summed E-state index contributed by atoms with van der Waals surface area (Å²) in [5.74, 6) is 2.41. The van der Waals surface area contributed by atoms with Crippen molar-refractivity contribution in [2.24, 2.45) is 5.92 Å². The Morgan fingerprint density at radius 3 is 2.59 bits per heavy atom. The van der Waals surface area contributed by atoms with Crippen LogP contribution in [0.4, 0.5) is 0 Å². The van der Waals surface area contributed by atoms with Crippen LogP contribution in [0.5, 0.6) is 11.5 Å². The van der Waals surface area contributed by atoms with E-state index in [-0.39, 0.29) is 0 Å². The molecule has 2 heteroatoms. The maximum atomic E-state index is 5.68. The van der Waals surface area contributed by atoms with E-state index in [1.807, 2.05) is 6.07 Å². The summed E-state index contributed by atoms with van der Waals surface area (Å²) in [6.45, 7) is 9.49. The number of hydrogen-bond donors (Lipinski definition) is 0. The molecule has 0 aliphatic carbocycles. The van der Waals surface area contributed by atoms with Gasteiger partial charge in [0.2, 0.25) is 0 Å². The summed E-state index contributed by atoms with van der Waals surface area (Å²) >= 11 is 0. The molecule has 0 radical (unpaired) electrons. The number of hydrogen-bond acceptors (Lipinski definition) is 2. The van der Waals surface area contributed by atoms with Gasteiger partial charge >= 0.3 is 0 Å². The van der Waals surface area contributed by atoms with Crippen LogP contribution in [0.3, 0.4) is 0 Å². The standard InChI is InChI=1S/C15H20O2/c1-11(2)4-5-13-6-7-14-15(8-13)17-10-12(3)9-16-14/h6-8,11H,3-5,9-10H2,1-2H3. The van der Waals surface area contributed by atoms with Gasteiger partial charge in [-0.15, -0.1) is 0 Å².